The third-order valence-corrected chi connectivity index (χ3v) is 3.33. The smallest absolute Gasteiger partial charge is 0.170 e. The second-order valence-electron chi connectivity index (χ2n) is 4.04. The maximum absolute atomic E-state index is 11.5. The van der Waals surface area contributed by atoms with Crippen molar-refractivity contribution in [2.75, 3.05) is 0 Å². The average molecular weight is 186 g/mol. The molecule has 2 nitrogen and oxygen atoms in total. The van der Waals surface area contributed by atoms with Gasteiger partial charge in [-0.05, 0) is 35.8 Å². The Kier molecular flexibility index (Phi) is 1.16. The zero-order valence-electron chi connectivity index (χ0n) is 8.09. The molecule has 0 spiro atoms. The first-order chi connectivity index (χ1) is 6.61. The van der Waals surface area contributed by atoms with Gasteiger partial charge >= 0.3 is 0 Å². The Labute approximate surface area is 81.9 Å². The molecule has 0 saturated carbocycles. The number of fused-ring (bicyclic) bond motifs is 2. The number of benzene rings is 1. The van der Waals surface area contributed by atoms with E-state index in [2.05, 4.69) is 0 Å². The van der Waals surface area contributed by atoms with Gasteiger partial charge in [-0.25, -0.2) is 0 Å². The van der Waals surface area contributed by atoms with Crippen LogP contribution in [0.5, 0.6) is 0 Å². The van der Waals surface area contributed by atoms with E-state index in [1.54, 1.807) is 0 Å². The Hall–Kier alpha value is -1.57. The van der Waals surface area contributed by atoms with E-state index in [0.717, 1.165) is 27.8 Å². The normalized spacial score (nSPS) is 22.4. The number of ketones is 1. The topological polar surface area (TPSA) is 37.3 Å². The van der Waals surface area contributed by atoms with Gasteiger partial charge in [-0.3, -0.25) is 4.79 Å². The zero-order chi connectivity index (χ0) is 10.0. The number of allylic oxidation sites excluding steroid dienone is 1. The van der Waals surface area contributed by atoms with Crippen LogP contribution < -0.4 is 0 Å². The van der Waals surface area contributed by atoms with E-state index >= 15 is 0 Å². The fourth-order valence-electron chi connectivity index (χ4n) is 2.26. The maximum Gasteiger partial charge on any atom is 0.170 e. The number of carbonyl (C=O) groups is 1. The molecule has 2 heteroatoms. The molecule has 0 bridgehead atoms. The third kappa shape index (κ3) is 0.628. The number of aliphatic hydroxyl groups is 1. The molecule has 0 fully saturated rings. The molecular weight excluding hydrogens is 176 g/mol. The number of carbonyl (C=O) groups excluding carboxylic acids is 1. The van der Waals surface area contributed by atoms with E-state index in [9.17, 15) is 9.90 Å². The summed E-state index contributed by atoms with van der Waals surface area (Å²) in [6.07, 6.45) is 0. The molecule has 0 saturated heterocycles. The van der Waals surface area contributed by atoms with Crippen molar-refractivity contribution in [3.8, 4) is 0 Å². The third-order valence-electron chi connectivity index (χ3n) is 3.33. The molecule has 0 aliphatic heterocycles. The minimum absolute atomic E-state index is 0.0176. The molecule has 1 atom stereocenters. The predicted octanol–water partition coefficient (Wildman–Crippen LogP) is 2.75. The van der Waals surface area contributed by atoms with Crippen LogP contribution in [0.1, 0.15) is 46.8 Å². The van der Waals surface area contributed by atoms with Crippen LogP contribution in [0.15, 0.2) is 12.1 Å². The van der Waals surface area contributed by atoms with E-state index < -0.39 is 0 Å². The highest BCUT2D eigenvalue weighted by Gasteiger charge is 2.36. The van der Waals surface area contributed by atoms with Crippen LogP contribution >= 0.6 is 0 Å². The predicted molar refractivity (Wildman–Crippen MR) is 54.3 cm³/mol. The number of rotatable bonds is 0. The average Bonchev–Trinajstić information content (AvgIpc) is 2.24. The monoisotopic (exact) mass is 186 g/mol. The zero-order valence-corrected chi connectivity index (χ0v) is 8.09. The SMILES string of the molecule is CC1=C(O)c2cc3c(cc21)C(=O)C3C. The second-order valence-corrected chi connectivity index (χ2v) is 4.04. The fraction of sp³-hybridized carbons (Fsp3) is 0.250. The first-order valence-electron chi connectivity index (χ1n) is 4.74. The quantitative estimate of drug-likeness (QED) is 0.676. The summed E-state index contributed by atoms with van der Waals surface area (Å²) in [5.41, 5.74) is 4.74. The van der Waals surface area contributed by atoms with Crippen LogP contribution in [0.3, 0.4) is 0 Å². The number of hydrogen-bond acceptors (Lipinski definition) is 2. The van der Waals surface area contributed by atoms with Gasteiger partial charge in [-0.15, -0.1) is 0 Å². The van der Waals surface area contributed by atoms with Gasteiger partial charge in [0.2, 0.25) is 0 Å². The summed E-state index contributed by atoms with van der Waals surface area (Å²) in [6.45, 7) is 3.78. The van der Waals surface area contributed by atoms with Crippen LogP contribution in [0, 0.1) is 0 Å². The first-order valence-corrected chi connectivity index (χ1v) is 4.74. The lowest BCUT2D eigenvalue weighted by molar-refractivity contribution is 0.0935. The molecule has 1 aromatic carbocycles. The Balaban J connectivity index is 2.23. The van der Waals surface area contributed by atoms with E-state index in [-0.39, 0.29) is 11.7 Å². The van der Waals surface area contributed by atoms with Crippen molar-refractivity contribution in [2.45, 2.75) is 19.8 Å². The molecule has 1 N–H and O–H groups in total. The lowest BCUT2D eigenvalue weighted by atomic mass is 9.72. The van der Waals surface area contributed by atoms with Crippen molar-refractivity contribution in [3.05, 3.63) is 34.4 Å². The van der Waals surface area contributed by atoms with Gasteiger partial charge in [0, 0.05) is 17.0 Å². The number of Topliss-reactive ketones (excluding diaryl/α,β-unsaturated/α-hetero) is 1. The van der Waals surface area contributed by atoms with Gasteiger partial charge in [0.1, 0.15) is 5.76 Å². The highest BCUT2D eigenvalue weighted by molar-refractivity contribution is 6.13. The summed E-state index contributed by atoms with van der Waals surface area (Å²) >= 11 is 0. The van der Waals surface area contributed by atoms with Crippen LogP contribution in [0.2, 0.25) is 0 Å². The summed E-state index contributed by atoms with van der Waals surface area (Å²) in [4.78, 5) is 11.5. The number of hydrogen-bond donors (Lipinski definition) is 1. The van der Waals surface area contributed by atoms with Crippen molar-refractivity contribution in [3.63, 3.8) is 0 Å². The van der Waals surface area contributed by atoms with E-state index in [0.29, 0.717) is 5.76 Å². The fourth-order valence-corrected chi connectivity index (χ4v) is 2.26. The molecular formula is C12H10O2. The molecule has 0 heterocycles. The van der Waals surface area contributed by atoms with E-state index in [1.807, 2.05) is 26.0 Å². The van der Waals surface area contributed by atoms with E-state index in [1.165, 1.54) is 0 Å². The van der Waals surface area contributed by atoms with Gasteiger partial charge in [-0.1, -0.05) is 6.92 Å². The van der Waals surface area contributed by atoms with Crippen molar-refractivity contribution < 1.29 is 9.90 Å². The van der Waals surface area contributed by atoms with Gasteiger partial charge in [0.05, 0.1) is 0 Å². The molecule has 70 valence electrons. The van der Waals surface area contributed by atoms with Crippen LogP contribution in [0.4, 0.5) is 0 Å². The van der Waals surface area contributed by atoms with Gasteiger partial charge in [0.25, 0.3) is 0 Å². The van der Waals surface area contributed by atoms with Gasteiger partial charge in [-0.2, -0.15) is 0 Å². The standard InChI is InChI=1S/C12H10O2/c1-5-7-3-10-8(6(2)12(10)14)4-9(7)11(5)13/h3-5,14H,1-2H3. The van der Waals surface area contributed by atoms with Crippen molar-refractivity contribution in [1.29, 1.82) is 0 Å². The summed E-state index contributed by atoms with van der Waals surface area (Å²) in [5, 5.41) is 9.55. The largest absolute Gasteiger partial charge is 0.507 e. The van der Waals surface area contributed by atoms with Gasteiger partial charge < -0.3 is 5.11 Å². The first kappa shape index (κ1) is 7.80. The molecule has 0 radical (unpaired) electrons. The second kappa shape index (κ2) is 2.08. The van der Waals surface area contributed by atoms with Crippen molar-refractivity contribution in [1.82, 2.24) is 0 Å². The van der Waals surface area contributed by atoms with Gasteiger partial charge in [0.15, 0.2) is 5.78 Å². The summed E-state index contributed by atoms with van der Waals surface area (Å²) in [6, 6.07) is 3.85. The van der Waals surface area contributed by atoms with E-state index in [4.69, 9.17) is 0 Å². The molecule has 3 rings (SSSR count). The summed E-state index contributed by atoms with van der Waals surface area (Å²) in [7, 11) is 0. The maximum atomic E-state index is 11.5. The molecule has 0 amide bonds. The highest BCUT2D eigenvalue weighted by Crippen LogP contribution is 2.45. The Morgan fingerprint density at radius 2 is 1.93 bits per heavy atom. The molecule has 1 aromatic rings. The van der Waals surface area contributed by atoms with Crippen molar-refractivity contribution >= 4 is 17.1 Å². The minimum atomic E-state index is 0.0176. The van der Waals surface area contributed by atoms with Crippen LogP contribution in [-0.4, -0.2) is 10.9 Å². The summed E-state index contributed by atoms with van der Waals surface area (Å²) in [5.74, 6) is 0.625. The lowest BCUT2D eigenvalue weighted by Crippen LogP contribution is -2.25. The molecule has 2 aliphatic rings. The lowest BCUT2D eigenvalue weighted by Gasteiger charge is -2.31. The van der Waals surface area contributed by atoms with Crippen LogP contribution in [0.25, 0.3) is 11.3 Å². The number of aliphatic hydroxyl groups excluding tert-OH is 1. The van der Waals surface area contributed by atoms with Crippen molar-refractivity contribution in [2.24, 2.45) is 0 Å². The summed E-state index contributed by atoms with van der Waals surface area (Å²) < 4.78 is 0. The highest BCUT2D eigenvalue weighted by atomic mass is 16.3. The molecule has 2 aliphatic carbocycles. The Morgan fingerprint density at radius 3 is 2.64 bits per heavy atom. The molecule has 1 unspecified atom stereocenters. The molecule has 0 aromatic heterocycles. The Morgan fingerprint density at radius 1 is 1.21 bits per heavy atom. The minimum Gasteiger partial charge on any atom is -0.507 e. The molecule has 14 heavy (non-hydrogen) atoms. The Bertz CT molecular complexity index is 509. The van der Waals surface area contributed by atoms with Crippen LogP contribution in [-0.2, 0) is 0 Å².